The van der Waals surface area contributed by atoms with Gasteiger partial charge in [-0.25, -0.2) is 4.98 Å². The Hall–Kier alpha value is 0.0700. The number of hydrogen-bond donors (Lipinski definition) is 1. The molecular formula is C9H14BrNOS. The lowest BCUT2D eigenvalue weighted by Crippen LogP contribution is -2.14. The molecule has 13 heavy (non-hydrogen) atoms. The van der Waals surface area contributed by atoms with Crippen LogP contribution >= 0.6 is 27.3 Å². The van der Waals surface area contributed by atoms with Gasteiger partial charge in [-0.1, -0.05) is 20.8 Å². The Morgan fingerprint density at radius 1 is 1.46 bits per heavy atom. The number of hydrogen-bond acceptors (Lipinski definition) is 3. The maximum Gasteiger partial charge on any atom is 0.123 e. The van der Waals surface area contributed by atoms with Crippen molar-refractivity contribution >= 4 is 27.3 Å². The van der Waals surface area contributed by atoms with Gasteiger partial charge in [0.15, 0.2) is 0 Å². The first-order chi connectivity index (χ1) is 6.02. The topological polar surface area (TPSA) is 33.1 Å². The molecule has 0 radical (unpaired) electrons. The van der Waals surface area contributed by atoms with Crippen LogP contribution in [0.5, 0.6) is 0 Å². The van der Waals surface area contributed by atoms with Crippen molar-refractivity contribution in [3.63, 3.8) is 0 Å². The van der Waals surface area contributed by atoms with Crippen molar-refractivity contribution in [3.8, 4) is 0 Å². The van der Waals surface area contributed by atoms with E-state index in [1.54, 1.807) is 0 Å². The molecule has 0 aliphatic carbocycles. The molecule has 2 atom stereocenters. The third kappa shape index (κ3) is 2.76. The van der Waals surface area contributed by atoms with Crippen molar-refractivity contribution < 1.29 is 5.11 Å². The number of rotatable bonds is 3. The maximum absolute atomic E-state index is 9.90. The Morgan fingerprint density at radius 2 is 2.08 bits per heavy atom. The Morgan fingerprint density at radius 3 is 2.46 bits per heavy atom. The zero-order valence-electron chi connectivity index (χ0n) is 7.99. The van der Waals surface area contributed by atoms with Gasteiger partial charge in [0.05, 0.1) is 0 Å². The van der Waals surface area contributed by atoms with Crippen LogP contribution in [0.2, 0.25) is 0 Å². The zero-order chi connectivity index (χ0) is 10.0. The summed E-state index contributed by atoms with van der Waals surface area (Å²) in [7, 11) is 0. The molecule has 1 aromatic heterocycles. The van der Waals surface area contributed by atoms with E-state index in [1.165, 1.54) is 11.3 Å². The van der Waals surface area contributed by atoms with Crippen LogP contribution in [0.25, 0.3) is 0 Å². The number of thiazole rings is 1. The summed E-state index contributed by atoms with van der Waals surface area (Å²) < 4.78 is 0.808. The summed E-state index contributed by atoms with van der Waals surface area (Å²) in [5.74, 6) is 0.718. The predicted octanol–water partition coefficient (Wildman–Crippen LogP) is 3.23. The smallest absolute Gasteiger partial charge is 0.123 e. The Balaban J connectivity index is 2.73. The highest BCUT2D eigenvalue weighted by Crippen LogP contribution is 2.30. The van der Waals surface area contributed by atoms with Gasteiger partial charge in [0.25, 0.3) is 0 Å². The highest BCUT2D eigenvalue weighted by atomic mass is 79.9. The van der Waals surface area contributed by atoms with Crippen molar-refractivity contribution in [1.82, 2.24) is 4.98 Å². The highest BCUT2D eigenvalue weighted by molar-refractivity contribution is 9.10. The summed E-state index contributed by atoms with van der Waals surface area (Å²) in [6.07, 6.45) is -0.434. The first kappa shape index (κ1) is 11.1. The van der Waals surface area contributed by atoms with Crippen LogP contribution < -0.4 is 0 Å². The Kier molecular flexibility index (Phi) is 3.88. The number of aromatic nitrogens is 1. The second-order valence-corrected chi connectivity index (χ2v) is 5.26. The lowest BCUT2D eigenvalue weighted by molar-refractivity contribution is 0.0917. The number of nitrogens with zero attached hydrogens (tertiary/aromatic N) is 1. The summed E-state index contributed by atoms with van der Waals surface area (Å²) in [5.41, 5.74) is 0. The van der Waals surface area contributed by atoms with Gasteiger partial charge in [0.2, 0.25) is 0 Å². The van der Waals surface area contributed by atoms with Crippen molar-refractivity contribution in [2.24, 2.45) is 11.8 Å². The molecule has 0 bridgehead atoms. The monoisotopic (exact) mass is 263 g/mol. The molecule has 0 amide bonds. The van der Waals surface area contributed by atoms with E-state index in [2.05, 4.69) is 34.8 Å². The van der Waals surface area contributed by atoms with E-state index in [0.29, 0.717) is 5.92 Å². The second-order valence-electron chi connectivity index (χ2n) is 3.56. The standard InChI is InChI=1S/C9H14BrNOS/c1-5(2)6(3)8(12)9-11-7(10)4-13-9/h4-6,8,12H,1-3H3. The minimum atomic E-state index is -0.434. The second kappa shape index (κ2) is 4.53. The van der Waals surface area contributed by atoms with Gasteiger partial charge in [0, 0.05) is 5.38 Å². The van der Waals surface area contributed by atoms with Crippen LogP contribution in [0.1, 0.15) is 31.9 Å². The van der Waals surface area contributed by atoms with Crippen molar-refractivity contribution in [2.75, 3.05) is 0 Å². The third-order valence-electron chi connectivity index (χ3n) is 2.30. The normalized spacial score (nSPS) is 16.2. The fourth-order valence-corrected chi connectivity index (χ4v) is 2.36. The number of aliphatic hydroxyl groups excluding tert-OH is 1. The largest absolute Gasteiger partial charge is 0.386 e. The summed E-state index contributed by atoms with van der Waals surface area (Å²) in [5, 5.41) is 12.6. The third-order valence-corrected chi connectivity index (χ3v) is 3.92. The SMILES string of the molecule is CC(C)C(C)C(O)c1nc(Br)cs1. The van der Waals surface area contributed by atoms with Crippen LogP contribution in [0.3, 0.4) is 0 Å². The molecule has 0 saturated heterocycles. The average molecular weight is 264 g/mol. The van der Waals surface area contributed by atoms with Crippen LogP contribution in [-0.4, -0.2) is 10.1 Å². The fourth-order valence-electron chi connectivity index (χ4n) is 0.992. The molecule has 0 spiro atoms. The van der Waals surface area contributed by atoms with Crippen molar-refractivity contribution in [2.45, 2.75) is 26.9 Å². The molecule has 1 N–H and O–H groups in total. The predicted molar refractivity (Wildman–Crippen MR) is 58.8 cm³/mol. The van der Waals surface area contributed by atoms with Gasteiger partial charge in [-0.05, 0) is 27.8 Å². The number of halogens is 1. The lowest BCUT2D eigenvalue weighted by Gasteiger charge is -2.19. The quantitative estimate of drug-likeness (QED) is 0.909. The molecule has 2 nitrogen and oxygen atoms in total. The molecule has 2 unspecified atom stereocenters. The van der Waals surface area contributed by atoms with Gasteiger partial charge in [0.1, 0.15) is 15.7 Å². The van der Waals surface area contributed by atoms with Gasteiger partial charge in [-0.2, -0.15) is 0 Å². The molecule has 0 aromatic carbocycles. The molecule has 74 valence electrons. The minimum Gasteiger partial charge on any atom is -0.386 e. The van der Waals surface area contributed by atoms with E-state index in [0.717, 1.165) is 9.61 Å². The molecule has 1 aromatic rings. The lowest BCUT2D eigenvalue weighted by atomic mass is 9.93. The van der Waals surface area contributed by atoms with Gasteiger partial charge in [-0.3, -0.25) is 0 Å². The summed E-state index contributed by atoms with van der Waals surface area (Å²) in [6.45, 7) is 6.26. The van der Waals surface area contributed by atoms with Crippen LogP contribution in [0.15, 0.2) is 9.98 Å². The van der Waals surface area contributed by atoms with Gasteiger partial charge < -0.3 is 5.11 Å². The Labute approximate surface area is 91.1 Å². The first-order valence-corrected chi connectivity index (χ1v) is 5.98. The molecule has 4 heteroatoms. The zero-order valence-corrected chi connectivity index (χ0v) is 10.4. The fraction of sp³-hybridized carbons (Fsp3) is 0.667. The molecule has 0 aliphatic rings. The van der Waals surface area contributed by atoms with E-state index in [4.69, 9.17) is 0 Å². The highest BCUT2D eigenvalue weighted by Gasteiger charge is 2.21. The van der Waals surface area contributed by atoms with E-state index in [9.17, 15) is 5.11 Å². The van der Waals surface area contributed by atoms with Crippen molar-refractivity contribution in [3.05, 3.63) is 15.0 Å². The Bertz CT molecular complexity index is 274. The van der Waals surface area contributed by atoms with Crippen LogP contribution in [-0.2, 0) is 0 Å². The van der Waals surface area contributed by atoms with Gasteiger partial charge in [-0.15, -0.1) is 11.3 Å². The molecule has 0 saturated carbocycles. The summed E-state index contributed by atoms with van der Waals surface area (Å²) in [4.78, 5) is 4.20. The van der Waals surface area contributed by atoms with E-state index in [-0.39, 0.29) is 5.92 Å². The van der Waals surface area contributed by atoms with E-state index < -0.39 is 6.10 Å². The molecule has 1 heterocycles. The molecule has 0 fully saturated rings. The van der Waals surface area contributed by atoms with Crippen LogP contribution in [0, 0.1) is 11.8 Å². The minimum absolute atomic E-state index is 0.248. The molecule has 1 rings (SSSR count). The van der Waals surface area contributed by atoms with Crippen molar-refractivity contribution in [1.29, 1.82) is 0 Å². The van der Waals surface area contributed by atoms with E-state index in [1.807, 2.05) is 12.3 Å². The summed E-state index contributed by atoms with van der Waals surface area (Å²) in [6, 6.07) is 0. The molecule has 0 aliphatic heterocycles. The molecular weight excluding hydrogens is 250 g/mol. The van der Waals surface area contributed by atoms with Gasteiger partial charge >= 0.3 is 0 Å². The summed E-state index contributed by atoms with van der Waals surface area (Å²) >= 11 is 4.77. The first-order valence-electron chi connectivity index (χ1n) is 4.31. The van der Waals surface area contributed by atoms with Crippen LogP contribution in [0.4, 0.5) is 0 Å². The number of aliphatic hydroxyl groups is 1. The average Bonchev–Trinajstić information content (AvgIpc) is 2.49. The van der Waals surface area contributed by atoms with E-state index >= 15 is 0 Å². The maximum atomic E-state index is 9.90.